The maximum absolute atomic E-state index is 12.6. The molecule has 0 aliphatic carbocycles. The lowest BCUT2D eigenvalue weighted by molar-refractivity contribution is -0.384. The smallest absolute Gasteiger partial charge is 0.338 e. The molecule has 10 heteroatoms. The number of amides is 1. The number of aryl methyl sites for hydroxylation is 2. The number of hydrogen-bond acceptors (Lipinski definition) is 6. The molecule has 0 fully saturated rings. The van der Waals surface area contributed by atoms with Crippen LogP contribution in [0.15, 0.2) is 48.8 Å². The Morgan fingerprint density at radius 2 is 1.77 bits per heavy atom. The largest absolute Gasteiger partial charge is 0.478 e. The number of aromatic nitrogens is 2. The van der Waals surface area contributed by atoms with Gasteiger partial charge in [0.15, 0.2) is 0 Å². The molecule has 3 aromatic rings. The second-order valence-electron chi connectivity index (χ2n) is 7.08. The summed E-state index contributed by atoms with van der Waals surface area (Å²) in [5.74, 6) is -0.987. The lowest BCUT2D eigenvalue weighted by Crippen LogP contribution is -2.24. The monoisotopic (exact) mass is 424 g/mol. The zero-order valence-corrected chi connectivity index (χ0v) is 17.0. The average molecular weight is 424 g/mol. The van der Waals surface area contributed by atoms with Crippen molar-refractivity contribution in [3.8, 4) is 11.5 Å². The molecule has 1 atom stereocenters. The number of ether oxygens (including phenoxy) is 1. The molecular weight excluding hydrogens is 404 g/mol. The summed E-state index contributed by atoms with van der Waals surface area (Å²) in [6.45, 7) is 5.34. The van der Waals surface area contributed by atoms with Crippen molar-refractivity contribution in [3.05, 3.63) is 75.6 Å². The molecule has 0 spiro atoms. The van der Waals surface area contributed by atoms with Crippen molar-refractivity contribution in [2.75, 3.05) is 5.32 Å². The molecule has 1 amide bonds. The van der Waals surface area contributed by atoms with E-state index in [1.807, 2.05) is 19.9 Å². The number of benzene rings is 2. The Hall–Kier alpha value is -4.21. The summed E-state index contributed by atoms with van der Waals surface area (Å²) in [5, 5.41) is 26.8. The highest BCUT2D eigenvalue weighted by atomic mass is 16.6. The van der Waals surface area contributed by atoms with E-state index in [2.05, 4.69) is 10.4 Å². The fraction of sp³-hybridized carbons (Fsp3) is 0.190. The van der Waals surface area contributed by atoms with Crippen LogP contribution in [-0.2, 0) is 4.79 Å². The van der Waals surface area contributed by atoms with E-state index in [-0.39, 0.29) is 22.7 Å². The Morgan fingerprint density at radius 3 is 2.35 bits per heavy atom. The van der Waals surface area contributed by atoms with Gasteiger partial charge in [-0.15, -0.1) is 0 Å². The maximum Gasteiger partial charge on any atom is 0.338 e. The highest BCUT2D eigenvalue weighted by molar-refractivity contribution is 5.94. The number of hydrogen-bond donors (Lipinski definition) is 2. The van der Waals surface area contributed by atoms with Gasteiger partial charge in [-0.25, -0.2) is 4.79 Å². The Morgan fingerprint density at radius 1 is 1.13 bits per heavy atom. The van der Waals surface area contributed by atoms with Crippen molar-refractivity contribution >= 4 is 23.3 Å². The van der Waals surface area contributed by atoms with Gasteiger partial charge in [-0.3, -0.25) is 19.6 Å². The van der Waals surface area contributed by atoms with Gasteiger partial charge in [-0.05, 0) is 44.0 Å². The predicted octanol–water partition coefficient (Wildman–Crippen LogP) is 4.10. The normalized spacial score (nSPS) is 11.6. The van der Waals surface area contributed by atoms with E-state index in [9.17, 15) is 19.7 Å². The molecule has 2 aromatic carbocycles. The van der Waals surface area contributed by atoms with Crippen LogP contribution in [0.5, 0.6) is 11.5 Å². The molecule has 0 aliphatic heterocycles. The number of carbonyl (C=O) groups is 2. The fourth-order valence-corrected chi connectivity index (χ4v) is 2.97. The number of carboxylic acid groups (broad SMARTS) is 1. The molecule has 0 aliphatic rings. The van der Waals surface area contributed by atoms with Crippen LogP contribution in [0.2, 0.25) is 0 Å². The van der Waals surface area contributed by atoms with Crippen molar-refractivity contribution in [1.29, 1.82) is 0 Å². The number of non-ortho nitro benzene ring substituents is 1. The summed E-state index contributed by atoms with van der Waals surface area (Å²) in [4.78, 5) is 34.4. The minimum absolute atomic E-state index is 0.0564. The highest BCUT2D eigenvalue weighted by Gasteiger charge is 2.20. The molecule has 10 nitrogen and oxygen atoms in total. The summed E-state index contributed by atoms with van der Waals surface area (Å²) in [6.07, 6.45) is 2.36. The first-order valence-corrected chi connectivity index (χ1v) is 9.26. The average Bonchev–Trinajstić information content (AvgIpc) is 3.16. The minimum Gasteiger partial charge on any atom is -0.478 e. The van der Waals surface area contributed by atoms with Crippen LogP contribution in [0, 0.1) is 24.0 Å². The number of carboxylic acids is 1. The minimum atomic E-state index is -1.16. The number of carbonyl (C=O) groups excluding carboxylic acids is 1. The number of nitro groups is 1. The van der Waals surface area contributed by atoms with Gasteiger partial charge >= 0.3 is 5.97 Å². The van der Waals surface area contributed by atoms with Gasteiger partial charge in [-0.1, -0.05) is 6.07 Å². The van der Waals surface area contributed by atoms with E-state index in [1.165, 1.54) is 36.0 Å². The van der Waals surface area contributed by atoms with Gasteiger partial charge in [0.2, 0.25) is 5.91 Å². The van der Waals surface area contributed by atoms with Crippen LogP contribution < -0.4 is 10.1 Å². The Kier molecular flexibility index (Phi) is 6.00. The lowest BCUT2D eigenvalue weighted by atomic mass is 10.1. The first-order valence-electron chi connectivity index (χ1n) is 9.26. The summed E-state index contributed by atoms with van der Waals surface area (Å²) < 4.78 is 6.99. The quantitative estimate of drug-likeness (QED) is 0.430. The van der Waals surface area contributed by atoms with E-state index >= 15 is 0 Å². The third kappa shape index (κ3) is 5.24. The molecule has 0 saturated carbocycles. The first kappa shape index (κ1) is 21.5. The zero-order chi connectivity index (χ0) is 22.7. The van der Waals surface area contributed by atoms with Gasteiger partial charge in [0, 0.05) is 18.3 Å². The third-order valence-electron chi connectivity index (χ3n) is 4.43. The van der Waals surface area contributed by atoms with Crippen LogP contribution in [0.25, 0.3) is 0 Å². The van der Waals surface area contributed by atoms with Crippen LogP contribution in [0.4, 0.5) is 11.4 Å². The van der Waals surface area contributed by atoms with Crippen LogP contribution in [0.1, 0.15) is 34.5 Å². The number of nitrogens with one attached hydrogen (secondary N) is 1. The number of nitrogens with zero attached hydrogens (tertiary/aromatic N) is 3. The first-order chi connectivity index (χ1) is 14.6. The summed E-state index contributed by atoms with van der Waals surface area (Å²) in [6, 6.07) is 8.66. The van der Waals surface area contributed by atoms with Gasteiger partial charge in [-0.2, -0.15) is 5.10 Å². The van der Waals surface area contributed by atoms with Gasteiger partial charge in [0.1, 0.15) is 17.5 Å². The van der Waals surface area contributed by atoms with Crippen molar-refractivity contribution in [1.82, 2.24) is 9.78 Å². The van der Waals surface area contributed by atoms with E-state index in [0.29, 0.717) is 5.75 Å². The van der Waals surface area contributed by atoms with Gasteiger partial charge < -0.3 is 15.2 Å². The Bertz CT molecular complexity index is 1150. The molecule has 0 radical (unpaired) electrons. The second-order valence-corrected chi connectivity index (χ2v) is 7.08. The van der Waals surface area contributed by atoms with Crippen molar-refractivity contribution in [2.45, 2.75) is 26.8 Å². The van der Waals surface area contributed by atoms with Crippen LogP contribution in [-0.4, -0.2) is 31.7 Å². The van der Waals surface area contributed by atoms with Crippen molar-refractivity contribution in [3.63, 3.8) is 0 Å². The van der Waals surface area contributed by atoms with Gasteiger partial charge in [0.25, 0.3) is 5.69 Å². The molecule has 3 rings (SSSR count). The number of nitro benzene ring substituents is 1. The van der Waals surface area contributed by atoms with E-state index in [1.54, 1.807) is 12.1 Å². The van der Waals surface area contributed by atoms with Gasteiger partial charge in [0.05, 0.1) is 28.4 Å². The number of anilines is 1. The van der Waals surface area contributed by atoms with E-state index < -0.39 is 22.8 Å². The fourth-order valence-electron chi connectivity index (χ4n) is 2.97. The van der Waals surface area contributed by atoms with Crippen molar-refractivity contribution in [2.24, 2.45) is 0 Å². The molecule has 1 unspecified atom stereocenters. The molecule has 31 heavy (non-hydrogen) atoms. The molecule has 2 N–H and O–H groups in total. The molecular formula is C21H20N4O6. The highest BCUT2D eigenvalue weighted by Crippen LogP contribution is 2.31. The van der Waals surface area contributed by atoms with Crippen LogP contribution >= 0.6 is 0 Å². The van der Waals surface area contributed by atoms with Crippen LogP contribution in [0.3, 0.4) is 0 Å². The summed E-state index contributed by atoms with van der Waals surface area (Å²) in [7, 11) is 0. The topological polar surface area (TPSA) is 137 Å². The molecule has 0 saturated heterocycles. The second kappa shape index (κ2) is 8.66. The summed E-state index contributed by atoms with van der Waals surface area (Å²) >= 11 is 0. The number of aromatic carboxylic acids is 1. The standard InChI is InChI=1S/C21H20N4O6/c1-12-4-13(2)6-18(5-12)31-19-8-16(7-17(9-19)25(29)30)23-20(26)14(3)24-11-15(10-22-24)21(27)28/h4-11,14H,1-3H3,(H,23,26)(H,27,28). The zero-order valence-electron chi connectivity index (χ0n) is 17.0. The number of rotatable bonds is 7. The summed E-state index contributed by atoms with van der Waals surface area (Å²) in [5.41, 5.74) is 1.80. The van der Waals surface area contributed by atoms with E-state index in [4.69, 9.17) is 9.84 Å². The Labute approximate surface area is 177 Å². The van der Waals surface area contributed by atoms with Crippen molar-refractivity contribution < 1.29 is 24.4 Å². The SMILES string of the molecule is Cc1cc(C)cc(Oc2cc(NC(=O)C(C)n3cc(C(=O)O)cn3)cc([N+](=O)[O-])c2)c1. The molecule has 1 aromatic heterocycles. The maximum atomic E-state index is 12.6. The molecule has 0 bridgehead atoms. The predicted molar refractivity (Wildman–Crippen MR) is 112 cm³/mol. The molecule has 160 valence electrons. The molecule has 1 heterocycles. The Balaban J connectivity index is 1.84. The lowest BCUT2D eigenvalue weighted by Gasteiger charge is -2.14. The third-order valence-corrected chi connectivity index (χ3v) is 4.43. The van der Waals surface area contributed by atoms with E-state index in [0.717, 1.165) is 17.3 Å².